The normalized spacial score (nSPS) is 12.0. The monoisotopic (exact) mass is 289 g/mol. The summed E-state index contributed by atoms with van der Waals surface area (Å²) in [5.41, 5.74) is 2.01. The molecule has 2 rings (SSSR count). The SMILES string of the molecule is COc1cccc([C@@H](C)NCc2ccc(OC)c(F)c2)c1. The lowest BCUT2D eigenvalue weighted by molar-refractivity contribution is 0.386. The first kappa shape index (κ1) is 15.3. The van der Waals surface area contributed by atoms with Crippen LogP contribution >= 0.6 is 0 Å². The number of hydrogen-bond acceptors (Lipinski definition) is 3. The van der Waals surface area contributed by atoms with Gasteiger partial charge in [-0.1, -0.05) is 18.2 Å². The van der Waals surface area contributed by atoms with Gasteiger partial charge in [0.2, 0.25) is 0 Å². The number of ether oxygens (including phenoxy) is 2. The zero-order chi connectivity index (χ0) is 15.2. The Kier molecular flexibility index (Phi) is 5.17. The lowest BCUT2D eigenvalue weighted by atomic mass is 10.1. The number of rotatable bonds is 6. The molecule has 0 saturated heterocycles. The molecule has 21 heavy (non-hydrogen) atoms. The second-order valence-corrected chi connectivity index (χ2v) is 4.85. The van der Waals surface area contributed by atoms with Gasteiger partial charge in [-0.05, 0) is 42.3 Å². The first-order chi connectivity index (χ1) is 10.1. The summed E-state index contributed by atoms with van der Waals surface area (Å²) in [6.07, 6.45) is 0. The molecule has 0 fully saturated rings. The van der Waals surface area contributed by atoms with E-state index >= 15 is 0 Å². The second kappa shape index (κ2) is 7.09. The Labute approximate surface area is 124 Å². The van der Waals surface area contributed by atoms with E-state index in [1.165, 1.54) is 13.2 Å². The Bertz CT molecular complexity index is 601. The van der Waals surface area contributed by atoms with Crippen LogP contribution in [-0.2, 0) is 6.54 Å². The van der Waals surface area contributed by atoms with Crippen molar-refractivity contribution in [3.63, 3.8) is 0 Å². The van der Waals surface area contributed by atoms with E-state index in [1.807, 2.05) is 30.3 Å². The van der Waals surface area contributed by atoms with Crippen molar-refractivity contribution in [3.05, 3.63) is 59.4 Å². The van der Waals surface area contributed by atoms with Gasteiger partial charge in [-0.25, -0.2) is 4.39 Å². The predicted octanol–water partition coefficient (Wildman–Crippen LogP) is 3.69. The maximum Gasteiger partial charge on any atom is 0.165 e. The fourth-order valence-corrected chi connectivity index (χ4v) is 2.12. The highest BCUT2D eigenvalue weighted by atomic mass is 19.1. The van der Waals surface area contributed by atoms with Gasteiger partial charge in [0.05, 0.1) is 14.2 Å². The standard InChI is InChI=1S/C17H20FNO2/c1-12(14-5-4-6-15(10-14)20-2)19-11-13-7-8-17(21-3)16(18)9-13/h4-10,12,19H,11H2,1-3H3/t12-/m1/s1. The molecule has 0 bridgehead atoms. The van der Waals surface area contributed by atoms with Crippen molar-refractivity contribution in [2.24, 2.45) is 0 Å². The molecule has 1 N–H and O–H groups in total. The fraction of sp³-hybridized carbons (Fsp3) is 0.294. The van der Waals surface area contributed by atoms with Gasteiger partial charge in [0.25, 0.3) is 0 Å². The van der Waals surface area contributed by atoms with Gasteiger partial charge in [0.15, 0.2) is 11.6 Å². The molecular formula is C17H20FNO2. The zero-order valence-electron chi connectivity index (χ0n) is 12.5. The summed E-state index contributed by atoms with van der Waals surface area (Å²) in [4.78, 5) is 0. The van der Waals surface area contributed by atoms with Gasteiger partial charge in [0, 0.05) is 12.6 Å². The van der Waals surface area contributed by atoms with E-state index in [2.05, 4.69) is 12.2 Å². The maximum absolute atomic E-state index is 13.6. The van der Waals surface area contributed by atoms with Crippen molar-refractivity contribution in [1.82, 2.24) is 5.32 Å². The Morgan fingerprint density at radius 3 is 2.57 bits per heavy atom. The number of hydrogen-bond donors (Lipinski definition) is 1. The van der Waals surface area contributed by atoms with Gasteiger partial charge < -0.3 is 14.8 Å². The summed E-state index contributed by atoms with van der Waals surface area (Å²) >= 11 is 0. The molecule has 0 heterocycles. The number of benzene rings is 2. The van der Waals surface area contributed by atoms with E-state index < -0.39 is 0 Å². The molecule has 112 valence electrons. The van der Waals surface area contributed by atoms with Gasteiger partial charge in [0.1, 0.15) is 5.75 Å². The molecule has 0 aromatic heterocycles. The van der Waals surface area contributed by atoms with Crippen molar-refractivity contribution >= 4 is 0 Å². The summed E-state index contributed by atoms with van der Waals surface area (Å²) in [6.45, 7) is 2.65. The van der Waals surface area contributed by atoms with Gasteiger partial charge >= 0.3 is 0 Å². The molecule has 4 heteroatoms. The van der Waals surface area contributed by atoms with Crippen LogP contribution in [0.15, 0.2) is 42.5 Å². The van der Waals surface area contributed by atoms with Crippen molar-refractivity contribution in [1.29, 1.82) is 0 Å². The second-order valence-electron chi connectivity index (χ2n) is 4.85. The maximum atomic E-state index is 13.6. The third kappa shape index (κ3) is 3.95. The summed E-state index contributed by atoms with van der Waals surface area (Å²) in [5, 5.41) is 3.37. The molecule has 0 aliphatic rings. The minimum absolute atomic E-state index is 0.144. The summed E-state index contributed by atoms with van der Waals surface area (Å²) in [5.74, 6) is 0.752. The summed E-state index contributed by atoms with van der Waals surface area (Å²) in [6, 6.07) is 13.0. The minimum Gasteiger partial charge on any atom is -0.497 e. The summed E-state index contributed by atoms with van der Waals surface area (Å²) < 4.78 is 23.8. The van der Waals surface area contributed by atoms with Gasteiger partial charge in [-0.3, -0.25) is 0 Å². The molecule has 0 spiro atoms. The third-order valence-corrected chi connectivity index (χ3v) is 3.42. The number of nitrogens with one attached hydrogen (secondary N) is 1. The third-order valence-electron chi connectivity index (χ3n) is 3.42. The molecule has 0 aliphatic heterocycles. The highest BCUT2D eigenvalue weighted by molar-refractivity contribution is 5.31. The van der Waals surface area contributed by atoms with Crippen LogP contribution in [0.25, 0.3) is 0 Å². The van der Waals surface area contributed by atoms with Gasteiger partial charge in [-0.2, -0.15) is 0 Å². The quantitative estimate of drug-likeness (QED) is 0.879. The lowest BCUT2D eigenvalue weighted by Crippen LogP contribution is -2.18. The van der Waals surface area contributed by atoms with Crippen molar-refractivity contribution in [3.8, 4) is 11.5 Å². The van der Waals surface area contributed by atoms with E-state index in [1.54, 1.807) is 13.2 Å². The molecule has 0 saturated carbocycles. The van der Waals surface area contributed by atoms with E-state index in [0.717, 1.165) is 16.9 Å². The average Bonchev–Trinajstić information content (AvgIpc) is 2.52. The Hall–Kier alpha value is -2.07. The number of halogens is 1. The molecule has 3 nitrogen and oxygen atoms in total. The molecule has 0 aliphatic carbocycles. The first-order valence-corrected chi connectivity index (χ1v) is 6.83. The van der Waals surface area contributed by atoms with E-state index in [0.29, 0.717) is 6.54 Å². The van der Waals surface area contributed by atoms with Crippen LogP contribution in [0.4, 0.5) is 4.39 Å². The lowest BCUT2D eigenvalue weighted by Gasteiger charge is -2.15. The fourth-order valence-electron chi connectivity index (χ4n) is 2.12. The van der Waals surface area contributed by atoms with Crippen LogP contribution in [0, 0.1) is 5.82 Å². The van der Waals surface area contributed by atoms with E-state index in [4.69, 9.17) is 9.47 Å². The average molecular weight is 289 g/mol. The Morgan fingerprint density at radius 1 is 1.10 bits per heavy atom. The largest absolute Gasteiger partial charge is 0.497 e. The van der Waals surface area contributed by atoms with Crippen LogP contribution in [0.1, 0.15) is 24.1 Å². The van der Waals surface area contributed by atoms with Crippen LogP contribution in [-0.4, -0.2) is 14.2 Å². The highest BCUT2D eigenvalue weighted by Crippen LogP contribution is 2.20. The molecule has 0 radical (unpaired) electrons. The van der Waals surface area contributed by atoms with E-state index in [-0.39, 0.29) is 17.6 Å². The Morgan fingerprint density at radius 2 is 1.90 bits per heavy atom. The van der Waals surface area contributed by atoms with Gasteiger partial charge in [-0.15, -0.1) is 0 Å². The molecule has 2 aromatic rings. The van der Waals surface area contributed by atoms with Crippen LogP contribution in [0.3, 0.4) is 0 Å². The summed E-state index contributed by atoms with van der Waals surface area (Å²) in [7, 11) is 3.11. The van der Waals surface area contributed by atoms with Crippen LogP contribution < -0.4 is 14.8 Å². The van der Waals surface area contributed by atoms with Crippen molar-refractivity contribution in [2.75, 3.05) is 14.2 Å². The van der Waals surface area contributed by atoms with Crippen molar-refractivity contribution < 1.29 is 13.9 Å². The van der Waals surface area contributed by atoms with Crippen LogP contribution in [0.5, 0.6) is 11.5 Å². The smallest absolute Gasteiger partial charge is 0.165 e. The molecule has 2 aromatic carbocycles. The van der Waals surface area contributed by atoms with E-state index in [9.17, 15) is 4.39 Å². The molecule has 0 amide bonds. The minimum atomic E-state index is -0.342. The molecule has 1 atom stereocenters. The highest BCUT2D eigenvalue weighted by Gasteiger charge is 2.08. The molecule has 0 unspecified atom stereocenters. The topological polar surface area (TPSA) is 30.5 Å². The molecular weight excluding hydrogens is 269 g/mol. The van der Waals surface area contributed by atoms with Crippen LogP contribution in [0.2, 0.25) is 0 Å². The number of methoxy groups -OCH3 is 2. The van der Waals surface area contributed by atoms with Crippen molar-refractivity contribution in [2.45, 2.75) is 19.5 Å². The Balaban J connectivity index is 2.00. The zero-order valence-corrected chi connectivity index (χ0v) is 12.5. The predicted molar refractivity (Wildman–Crippen MR) is 81.2 cm³/mol. The first-order valence-electron chi connectivity index (χ1n) is 6.83.